The molecular formula is C22H31IN4O4. The van der Waals surface area contributed by atoms with Gasteiger partial charge in [-0.15, -0.1) is 24.0 Å². The van der Waals surface area contributed by atoms with Gasteiger partial charge in [-0.1, -0.05) is 6.07 Å². The van der Waals surface area contributed by atoms with Crippen molar-refractivity contribution in [3.8, 4) is 11.5 Å². The molecule has 1 aromatic carbocycles. The number of rotatable bonds is 6. The first kappa shape index (κ1) is 23.6. The molecule has 2 aliphatic heterocycles. The van der Waals surface area contributed by atoms with Gasteiger partial charge in [0.15, 0.2) is 17.5 Å². The van der Waals surface area contributed by atoms with Crippen molar-refractivity contribution in [1.29, 1.82) is 0 Å². The van der Waals surface area contributed by atoms with Crippen LogP contribution < -0.4 is 20.1 Å². The number of oxazole rings is 1. The van der Waals surface area contributed by atoms with Gasteiger partial charge in [-0.05, 0) is 51.3 Å². The maximum Gasteiger partial charge on any atom is 0.231 e. The molecule has 8 nitrogen and oxygen atoms in total. The van der Waals surface area contributed by atoms with Crippen LogP contribution in [0, 0.1) is 13.8 Å². The van der Waals surface area contributed by atoms with E-state index in [9.17, 15) is 0 Å². The number of aromatic nitrogens is 1. The minimum absolute atomic E-state index is 0. The molecule has 0 bridgehead atoms. The number of aryl methyl sites for hydroxylation is 2. The Labute approximate surface area is 200 Å². The van der Waals surface area contributed by atoms with Gasteiger partial charge in [-0.25, -0.2) is 9.98 Å². The van der Waals surface area contributed by atoms with E-state index in [-0.39, 0.29) is 36.2 Å². The Morgan fingerprint density at radius 3 is 2.61 bits per heavy atom. The number of halogens is 1. The summed E-state index contributed by atoms with van der Waals surface area (Å²) >= 11 is 0. The van der Waals surface area contributed by atoms with E-state index in [0.717, 1.165) is 68.1 Å². The van der Waals surface area contributed by atoms with Gasteiger partial charge in [0.05, 0.1) is 5.69 Å². The molecule has 1 saturated heterocycles. The van der Waals surface area contributed by atoms with Crippen LogP contribution in [0.15, 0.2) is 27.6 Å². The number of benzene rings is 1. The lowest BCUT2D eigenvalue weighted by Crippen LogP contribution is -2.48. The highest BCUT2D eigenvalue weighted by atomic mass is 127. The van der Waals surface area contributed by atoms with Crippen molar-refractivity contribution in [1.82, 2.24) is 15.6 Å². The lowest BCUT2D eigenvalue weighted by atomic mass is 9.74. The summed E-state index contributed by atoms with van der Waals surface area (Å²) < 4.78 is 22.4. The number of ether oxygens (including phenoxy) is 3. The van der Waals surface area contributed by atoms with Gasteiger partial charge in [0.1, 0.15) is 12.3 Å². The minimum atomic E-state index is -0.0640. The summed E-state index contributed by atoms with van der Waals surface area (Å²) in [4.78, 5) is 9.08. The van der Waals surface area contributed by atoms with Crippen molar-refractivity contribution in [3.63, 3.8) is 0 Å². The zero-order chi connectivity index (χ0) is 21.0. The first-order valence-electron chi connectivity index (χ1n) is 10.5. The van der Waals surface area contributed by atoms with Crippen LogP contribution in [0.4, 0.5) is 0 Å². The van der Waals surface area contributed by atoms with Crippen LogP contribution in [0.2, 0.25) is 0 Å². The van der Waals surface area contributed by atoms with Crippen molar-refractivity contribution in [2.24, 2.45) is 4.99 Å². The summed E-state index contributed by atoms with van der Waals surface area (Å²) in [5, 5.41) is 6.85. The minimum Gasteiger partial charge on any atom is -0.454 e. The molecule has 170 valence electrons. The Bertz CT molecular complexity index is 889. The fraction of sp³-hybridized carbons (Fsp3) is 0.545. The maximum atomic E-state index is 5.66. The lowest BCUT2D eigenvalue weighted by Gasteiger charge is -2.38. The van der Waals surface area contributed by atoms with Crippen molar-refractivity contribution >= 4 is 29.9 Å². The molecule has 0 unspecified atom stereocenters. The van der Waals surface area contributed by atoms with Crippen LogP contribution in [0.25, 0.3) is 0 Å². The molecule has 4 rings (SSSR count). The quantitative estimate of drug-likeness (QED) is 0.329. The van der Waals surface area contributed by atoms with Crippen LogP contribution in [-0.2, 0) is 16.7 Å². The lowest BCUT2D eigenvalue weighted by molar-refractivity contribution is 0.0513. The fourth-order valence-electron chi connectivity index (χ4n) is 3.90. The summed E-state index contributed by atoms with van der Waals surface area (Å²) in [7, 11) is 0. The SMILES string of the molecule is CCNC(=NCc1nc(C)c(C)o1)NCC1(c2ccc3c(c2)OCO3)CCOCC1.I. The molecule has 0 atom stereocenters. The summed E-state index contributed by atoms with van der Waals surface area (Å²) in [6.45, 7) is 9.57. The topological polar surface area (TPSA) is 90.1 Å². The Morgan fingerprint density at radius 1 is 1.13 bits per heavy atom. The second-order valence-electron chi connectivity index (χ2n) is 7.76. The average molecular weight is 542 g/mol. The standard InChI is InChI=1S/C22H30N4O4.HI/c1-4-23-21(24-12-20-26-15(2)16(3)30-20)25-13-22(7-9-27-10-8-22)17-5-6-18-19(11-17)29-14-28-18;/h5-6,11H,4,7-10,12-14H2,1-3H3,(H2,23,24,25);1H. The number of nitrogens with one attached hydrogen (secondary N) is 2. The molecule has 9 heteroatoms. The predicted molar refractivity (Wildman–Crippen MR) is 129 cm³/mol. The molecule has 2 aliphatic rings. The first-order chi connectivity index (χ1) is 14.6. The molecule has 2 aromatic rings. The number of hydrogen-bond donors (Lipinski definition) is 2. The van der Waals surface area contributed by atoms with Crippen molar-refractivity contribution in [2.45, 2.75) is 45.6 Å². The number of hydrogen-bond acceptors (Lipinski definition) is 6. The zero-order valence-corrected chi connectivity index (χ0v) is 20.7. The van der Waals surface area contributed by atoms with E-state index in [2.05, 4.69) is 39.7 Å². The average Bonchev–Trinajstić information content (AvgIpc) is 3.36. The Hall–Kier alpha value is -2.01. The van der Waals surface area contributed by atoms with E-state index >= 15 is 0 Å². The second-order valence-corrected chi connectivity index (χ2v) is 7.76. The largest absolute Gasteiger partial charge is 0.454 e. The van der Waals surface area contributed by atoms with Gasteiger partial charge in [-0.3, -0.25) is 0 Å². The molecule has 1 aromatic heterocycles. The van der Waals surface area contributed by atoms with E-state index < -0.39 is 0 Å². The number of fused-ring (bicyclic) bond motifs is 1. The van der Waals surface area contributed by atoms with Crippen molar-refractivity contribution < 1.29 is 18.6 Å². The molecule has 31 heavy (non-hydrogen) atoms. The second kappa shape index (κ2) is 10.5. The molecule has 3 heterocycles. The molecule has 0 amide bonds. The van der Waals surface area contributed by atoms with E-state index in [1.54, 1.807) is 0 Å². The highest BCUT2D eigenvalue weighted by Crippen LogP contribution is 2.40. The molecule has 1 fully saturated rings. The van der Waals surface area contributed by atoms with E-state index in [1.807, 2.05) is 19.9 Å². The van der Waals surface area contributed by atoms with Crippen molar-refractivity contribution in [3.05, 3.63) is 41.1 Å². The molecule has 0 aliphatic carbocycles. The highest BCUT2D eigenvalue weighted by Gasteiger charge is 2.35. The molecular weight excluding hydrogens is 511 g/mol. The smallest absolute Gasteiger partial charge is 0.231 e. The third-order valence-electron chi connectivity index (χ3n) is 5.82. The molecule has 0 radical (unpaired) electrons. The zero-order valence-electron chi connectivity index (χ0n) is 18.3. The van der Waals surface area contributed by atoms with Gasteiger partial charge >= 0.3 is 0 Å². The van der Waals surface area contributed by atoms with E-state index in [1.165, 1.54) is 5.56 Å². The molecule has 2 N–H and O–H groups in total. The third kappa shape index (κ3) is 5.43. The predicted octanol–water partition coefficient (Wildman–Crippen LogP) is 3.44. The van der Waals surface area contributed by atoms with Gasteiger partial charge in [0.25, 0.3) is 0 Å². The van der Waals surface area contributed by atoms with Gasteiger partial charge in [0, 0.05) is 31.7 Å². The van der Waals surface area contributed by atoms with Crippen LogP contribution in [0.1, 0.15) is 42.7 Å². The number of guanidine groups is 1. The van der Waals surface area contributed by atoms with Crippen LogP contribution in [0.3, 0.4) is 0 Å². The highest BCUT2D eigenvalue weighted by molar-refractivity contribution is 14.0. The summed E-state index contributed by atoms with van der Waals surface area (Å²) in [6.07, 6.45) is 1.86. The van der Waals surface area contributed by atoms with Gasteiger partial charge < -0.3 is 29.3 Å². The summed E-state index contributed by atoms with van der Waals surface area (Å²) in [5.74, 6) is 3.83. The van der Waals surface area contributed by atoms with Gasteiger partial charge in [0.2, 0.25) is 12.7 Å². The maximum absolute atomic E-state index is 5.66. The monoisotopic (exact) mass is 542 g/mol. The number of nitrogens with zero attached hydrogens (tertiary/aromatic N) is 2. The Kier molecular flexibility index (Phi) is 8.04. The molecule has 0 spiro atoms. The van der Waals surface area contributed by atoms with Crippen molar-refractivity contribution in [2.75, 3.05) is 33.1 Å². The normalized spacial score (nSPS) is 17.2. The Balaban J connectivity index is 0.00000272. The molecule has 0 saturated carbocycles. The van der Waals surface area contributed by atoms with Crippen LogP contribution >= 0.6 is 24.0 Å². The summed E-state index contributed by atoms with van der Waals surface area (Å²) in [6, 6.07) is 6.25. The third-order valence-corrected chi connectivity index (χ3v) is 5.82. The Morgan fingerprint density at radius 2 is 1.90 bits per heavy atom. The van der Waals surface area contributed by atoms with E-state index in [0.29, 0.717) is 12.4 Å². The van der Waals surface area contributed by atoms with Crippen LogP contribution in [-0.4, -0.2) is 44.0 Å². The number of aliphatic imine (C=N–C) groups is 1. The van der Waals surface area contributed by atoms with E-state index in [4.69, 9.17) is 18.6 Å². The van der Waals surface area contributed by atoms with Crippen LogP contribution in [0.5, 0.6) is 11.5 Å². The van der Waals surface area contributed by atoms with Gasteiger partial charge in [-0.2, -0.15) is 0 Å². The fourth-order valence-corrected chi connectivity index (χ4v) is 3.90. The first-order valence-corrected chi connectivity index (χ1v) is 10.5. The summed E-state index contributed by atoms with van der Waals surface area (Å²) in [5.41, 5.74) is 2.07.